The van der Waals surface area contributed by atoms with Gasteiger partial charge in [-0.3, -0.25) is 4.79 Å². The molecule has 0 aliphatic rings. The zero-order valence-electron chi connectivity index (χ0n) is 14.6. The number of hydrogen-bond donors (Lipinski definition) is 1. The summed E-state index contributed by atoms with van der Waals surface area (Å²) in [5.74, 6) is 1.58. The van der Waals surface area contributed by atoms with E-state index < -0.39 is 0 Å². The van der Waals surface area contributed by atoms with Crippen molar-refractivity contribution in [3.63, 3.8) is 0 Å². The van der Waals surface area contributed by atoms with Crippen molar-refractivity contribution in [3.05, 3.63) is 47.0 Å². The summed E-state index contributed by atoms with van der Waals surface area (Å²) < 4.78 is 16.6. The number of benzene rings is 2. The lowest BCUT2D eigenvalue weighted by Crippen LogP contribution is -2.21. The van der Waals surface area contributed by atoms with Gasteiger partial charge in [0.15, 0.2) is 6.61 Å². The van der Waals surface area contributed by atoms with Crippen LogP contribution in [0.15, 0.2) is 36.4 Å². The first-order valence-corrected chi connectivity index (χ1v) is 8.49. The molecule has 0 aromatic heterocycles. The second-order valence-corrected chi connectivity index (χ2v) is 5.71. The second-order valence-electron chi connectivity index (χ2n) is 5.27. The summed E-state index contributed by atoms with van der Waals surface area (Å²) in [5, 5.41) is 3.43. The van der Waals surface area contributed by atoms with Gasteiger partial charge in [0, 0.05) is 11.1 Å². The third kappa shape index (κ3) is 5.57. The van der Waals surface area contributed by atoms with Gasteiger partial charge in [-0.2, -0.15) is 0 Å². The maximum absolute atomic E-state index is 12.2. The van der Waals surface area contributed by atoms with E-state index in [4.69, 9.17) is 25.8 Å². The van der Waals surface area contributed by atoms with Crippen molar-refractivity contribution >= 4 is 23.2 Å². The minimum atomic E-state index is -0.288. The van der Waals surface area contributed by atoms with Crippen LogP contribution in [0.1, 0.15) is 19.4 Å². The third-order valence-electron chi connectivity index (χ3n) is 3.33. The van der Waals surface area contributed by atoms with E-state index in [1.807, 2.05) is 20.8 Å². The molecular weight excluding hydrogens is 342 g/mol. The highest BCUT2D eigenvalue weighted by Crippen LogP contribution is 2.29. The molecule has 6 heteroatoms. The summed E-state index contributed by atoms with van der Waals surface area (Å²) in [4.78, 5) is 12.2. The van der Waals surface area contributed by atoms with Crippen molar-refractivity contribution in [2.45, 2.75) is 20.8 Å². The zero-order valence-corrected chi connectivity index (χ0v) is 15.4. The quantitative estimate of drug-likeness (QED) is 0.752. The number of hydrogen-bond acceptors (Lipinski definition) is 4. The molecule has 2 aromatic carbocycles. The smallest absolute Gasteiger partial charge is 0.262 e. The van der Waals surface area contributed by atoms with E-state index in [1.165, 1.54) is 0 Å². The van der Waals surface area contributed by atoms with Crippen LogP contribution in [-0.2, 0) is 4.79 Å². The molecule has 0 radical (unpaired) electrons. The molecule has 134 valence electrons. The Morgan fingerprint density at radius 2 is 1.72 bits per heavy atom. The molecule has 0 spiro atoms. The molecule has 5 nitrogen and oxygen atoms in total. The Morgan fingerprint density at radius 1 is 1.00 bits per heavy atom. The standard InChI is InChI=1S/C19H22ClNO4/c1-4-23-15-7-9-18(24-5-2)16(11-15)21-19(22)12-25-17-8-6-14(20)10-13(17)3/h6-11H,4-5,12H2,1-3H3,(H,21,22). The predicted octanol–water partition coefficient (Wildman–Crippen LogP) is 4.46. The monoisotopic (exact) mass is 363 g/mol. The van der Waals surface area contributed by atoms with Crippen LogP contribution in [0.4, 0.5) is 5.69 Å². The SMILES string of the molecule is CCOc1ccc(OCC)c(NC(=O)COc2ccc(Cl)cc2C)c1. The fraction of sp³-hybridized carbons (Fsp3) is 0.316. The molecule has 1 amide bonds. The van der Waals surface area contributed by atoms with Crippen molar-refractivity contribution < 1.29 is 19.0 Å². The number of rotatable bonds is 8. The van der Waals surface area contributed by atoms with E-state index in [0.717, 1.165) is 5.56 Å². The molecule has 0 fully saturated rings. The van der Waals surface area contributed by atoms with Crippen LogP contribution in [0.3, 0.4) is 0 Å². The molecule has 2 rings (SSSR count). The van der Waals surface area contributed by atoms with Gasteiger partial charge in [0.2, 0.25) is 0 Å². The van der Waals surface area contributed by atoms with Gasteiger partial charge in [-0.25, -0.2) is 0 Å². The maximum atomic E-state index is 12.2. The number of halogens is 1. The Labute approximate surface area is 152 Å². The van der Waals surface area contributed by atoms with Crippen LogP contribution >= 0.6 is 11.6 Å². The minimum Gasteiger partial charge on any atom is -0.494 e. The lowest BCUT2D eigenvalue weighted by Gasteiger charge is -2.14. The van der Waals surface area contributed by atoms with Crippen LogP contribution in [0.2, 0.25) is 5.02 Å². The van der Waals surface area contributed by atoms with E-state index >= 15 is 0 Å². The molecule has 0 aliphatic heterocycles. The van der Waals surface area contributed by atoms with Crippen molar-refractivity contribution in [2.24, 2.45) is 0 Å². The highest BCUT2D eigenvalue weighted by molar-refractivity contribution is 6.30. The van der Waals surface area contributed by atoms with Gasteiger partial charge in [0.25, 0.3) is 5.91 Å². The molecule has 0 atom stereocenters. The van der Waals surface area contributed by atoms with Crippen LogP contribution in [-0.4, -0.2) is 25.7 Å². The van der Waals surface area contributed by atoms with E-state index in [1.54, 1.807) is 36.4 Å². The topological polar surface area (TPSA) is 56.8 Å². The highest BCUT2D eigenvalue weighted by Gasteiger charge is 2.11. The van der Waals surface area contributed by atoms with Crippen molar-refractivity contribution in [2.75, 3.05) is 25.1 Å². The average molecular weight is 364 g/mol. The van der Waals surface area contributed by atoms with Gasteiger partial charge in [-0.15, -0.1) is 0 Å². The summed E-state index contributed by atoms with van der Waals surface area (Å²) in [6, 6.07) is 10.6. The molecule has 0 saturated heterocycles. The Bertz CT molecular complexity index is 733. The highest BCUT2D eigenvalue weighted by atomic mass is 35.5. The van der Waals surface area contributed by atoms with E-state index in [2.05, 4.69) is 5.32 Å². The normalized spacial score (nSPS) is 10.2. The predicted molar refractivity (Wildman–Crippen MR) is 99.1 cm³/mol. The first kappa shape index (κ1) is 18.9. The molecule has 2 aromatic rings. The largest absolute Gasteiger partial charge is 0.494 e. The lowest BCUT2D eigenvalue weighted by molar-refractivity contribution is -0.118. The fourth-order valence-corrected chi connectivity index (χ4v) is 2.48. The summed E-state index contributed by atoms with van der Waals surface area (Å²) in [5.41, 5.74) is 1.42. The van der Waals surface area contributed by atoms with Gasteiger partial charge in [0.1, 0.15) is 17.2 Å². The average Bonchev–Trinajstić information content (AvgIpc) is 2.57. The van der Waals surface area contributed by atoms with E-state index in [9.17, 15) is 4.79 Å². The Hall–Kier alpha value is -2.40. The van der Waals surface area contributed by atoms with Crippen molar-refractivity contribution in [1.82, 2.24) is 0 Å². The number of aryl methyl sites for hydroxylation is 1. The van der Waals surface area contributed by atoms with Gasteiger partial charge in [0.05, 0.1) is 18.9 Å². The zero-order chi connectivity index (χ0) is 18.2. The molecule has 1 N–H and O–H groups in total. The van der Waals surface area contributed by atoms with Gasteiger partial charge < -0.3 is 19.5 Å². The van der Waals surface area contributed by atoms with Crippen LogP contribution in [0, 0.1) is 6.92 Å². The molecule has 25 heavy (non-hydrogen) atoms. The van der Waals surface area contributed by atoms with Gasteiger partial charge in [-0.05, 0) is 56.7 Å². The van der Waals surface area contributed by atoms with Crippen LogP contribution in [0.25, 0.3) is 0 Å². The van der Waals surface area contributed by atoms with Crippen molar-refractivity contribution in [1.29, 1.82) is 0 Å². The van der Waals surface area contributed by atoms with Crippen molar-refractivity contribution in [3.8, 4) is 17.2 Å². The number of nitrogens with one attached hydrogen (secondary N) is 1. The van der Waals surface area contributed by atoms with E-state index in [-0.39, 0.29) is 12.5 Å². The summed E-state index contributed by atoms with van der Waals surface area (Å²) in [6.45, 7) is 6.58. The summed E-state index contributed by atoms with van der Waals surface area (Å²) in [6.07, 6.45) is 0. The molecule has 0 aliphatic carbocycles. The number of carbonyl (C=O) groups is 1. The Balaban J connectivity index is 2.04. The number of carbonyl (C=O) groups excluding carboxylic acids is 1. The summed E-state index contributed by atoms with van der Waals surface area (Å²) in [7, 11) is 0. The molecule has 0 heterocycles. The first-order chi connectivity index (χ1) is 12.0. The lowest BCUT2D eigenvalue weighted by atomic mass is 10.2. The molecule has 0 bridgehead atoms. The number of amides is 1. The van der Waals surface area contributed by atoms with Crippen LogP contribution in [0.5, 0.6) is 17.2 Å². The molecule has 0 unspecified atom stereocenters. The minimum absolute atomic E-state index is 0.118. The van der Waals surface area contributed by atoms with Gasteiger partial charge >= 0.3 is 0 Å². The fourth-order valence-electron chi connectivity index (χ4n) is 2.25. The number of ether oxygens (including phenoxy) is 3. The summed E-state index contributed by atoms with van der Waals surface area (Å²) >= 11 is 5.91. The van der Waals surface area contributed by atoms with E-state index in [0.29, 0.717) is 41.2 Å². The first-order valence-electron chi connectivity index (χ1n) is 8.12. The Morgan fingerprint density at radius 3 is 2.40 bits per heavy atom. The van der Waals surface area contributed by atoms with Gasteiger partial charge in [-0.1, -0.05) is 11.6 Å². The Kier molecular flexibility index (Phi) is 6.95. The molecule has 0 saturated carbocycles. The molecular formula is C19H22ClNO4. The number of anilines is 1. The van der Waals surface area contributed by atoms with Crippen LogP contribution < -0.4 is 19.5 Å². The third-order valence-corrected chi connectivity index (χ3v) is 3.57. The second kappa shape index (κ2) is 9.18. The maximum Gasteiger partial charge on any atom is 0.262 e.